The molecular weight excluding hydrogens is 246 g/mol. The number of halogens is 5. The number of benzene rings is 1. The molecule has 1 rings (SSSR count). The third kappa shape index (κ3) is 3.35. The fourth-order valence-electron chi connectivity index (χ4n) is 1.22. The average molecular weight is 258 g/mol. The molecule has 0 saturated heterocycles. The van der Waals surface area contributed by atoms with E-state index in [1.54, 1.807) is 6.92 Å². The lowest BCUT2D eigenvalue weighted by molar-refractivity contribution is -0.137. The number of rotatable bonds is 2. The summed E-state index contributed by atoms with van der Waals surface area (Å²) in [7, 11) is 0. The molecule has 92 valence electrons. The van der Waals surface area contributed by atoms with Gasteiger partial charge < -0.3 is 5.73 Å². The predicted octanol–water partition coefficient (Wildman–Crippen LogP) is 3.68. The highest BCUT2D eigenvalue weighted by Gasteiger charge is 2.31. The zero-order chi connectivity index (χ0) is 11.6. The van der Waals surface area contributed by atoms with E-state index in [2.05, 4.69) is 0 Å². The number of alkyl halides is 3. The second kappa shape index (κ2) is 5.50. The third-order valence-electron chi connectivity index (χ3n) is 2.16. The molecule has 0 amide bonds. The van der Waals surface area contributed by atoms with Gasteiger partial charge in [-0.15, -0.1) is 12.4 Å². The normalized spacial score (nSPS) is 13.1. The van der Waals surface area contributed by atoms with Gasteiger partial charge in [0, 0.05) is 11.6 Å². The zero-order valence-corrected chi connectivity index (χ0v) is 9.33. The fraction of sp³-hybridized carbons (Fsp3) is 0.400. The number of nitrogens with two attached hydrogens (primary N) is 1. The minimum Gasteiger partial charge on any atom is -0.324 e. The van der Waals surface area contributed by atoms with Gasteiger partial charge in [-0.05, 0) is 24.6 Å². The van der Waals surface area contributed by atoms with Gasteiger partial charge in [0.2, 0.25) is 0 Å². The molecule has 0 heterocycles. The first kappa shape index (κ1) is 15.2. The molecule has 0 aliphatic rings. The van der Waals surface area contributed by atoms with Crippen molar-refractivity contribution >= 4 is 12.4 Å². The van der Waals surface area contributed by atoms with Crippen LogP contribution in [0.4, 0.5) is 17.6 Å². The Balaban J connectivity index is 0.00000225. The molecule has 0 saturated carbocycles. The van der Waals surface area contributed by atoms with Crippen LogP contribution in [0.5, 0.6) is 0 Å². The van der Waals surface area contributed by atoms with E-state index in [0.29, 0.717) is 12.5 Å². The van der Waals surface area contributed by atoms with Crippen molar-refractivity contribution < 1.29 is 17.6 Å². The van der Waals surface area contributed by atoms with Gasteiger partial charge >= 0.3 is 6.18 Å². The first-order chi connectivity index (χ1) is 6.86. The maximum atomic E-state index is 13.1. The van der Waals surface area contributed by atoms with Crippen LogP contribution in [0.25, 0.3) is 0 Å². The third-order valence-corrected chi connectivity index (χ3v) is 2.16. The van der Waals surface area contributed by atoms with Gasteiger partial charge in [0.1, 0.15) is 5.82 Å². The molecule has 1 nitrogen and oxygen atoms in total. The Bertz CT molecular complexity index is 351. The second-order valence-electron chi connectivity index (χ2n) is 3.25. The second-order valence-corrected chi connectivity index (χ2v) is 3.25. The highest BCUT2D eigenvalue weighted by molar-refractivity contribution is 5.85. The standard InChI is InChI=1S/C10H11F4N.ClH/c1-2-9(15)7-5-6(10(12,13)14)3-4-8(7)11;/h3-5,9H,2,15H2,1H3;1H. The molecule has 16 heavy (non-hydrogen) atoms. The first-order valence-corrected chi connectivity index (χ1v) is 4.48. The molecule has 1 aromatic carbocycles. The summed E-state index contributed by atoms with van der Waals surface area (Å²) in [5.74, 6) is -0.697. The maximum absolute atomic E-state index is 13.1. The van der Waals surface area contributed by atoms with Crippen LogP contribution in [0.15, 0.2) is 18.2 Å². The summed E-state index contributed by atoms with van der Waals surface area (Å²) >= 11 is 0. The van der Waals surface area contributed by atoms with Crippen LogP contribution in [-0.2, 0) is 6.18 Å². The highest BCUT2D eigenvalue weighted by Crippen LogP contribution is 2.31. The van der Waals surface area contributed by atoms with Crippen LogP contribution >= 0.6 is 12.4 Å². The highest BCUT2D eigenvalue weighted by atomic mass is 35.5. The first-order valence-electron chi connectivity index (χ1n) is 4.48. The van der Waals surface area contributed by atoms with E-state index in [9.17, 15) is 17.6 Å². The number of hydrogen-bond acceptors (Lipinski definition) is 1. The summed E-state index contributed by atoms with van der Waals surface area (Å²) in [5.41, 5.74) is 4.54. The van der Waals surface area contributed by atoms with Crippen LogP contribution < -0.4 is 5.73 Å². The quantitative estimate of drug-likeness (QED) is 0.804. The lowest BCUT2D eigenvalue weighted by Crippen LogP contribution is -2.13. The molecular formula is C10H12ClF4N. The minimum absolute atomic E-state index is 0. The predicted molar refractivity (Wildman–Crippen MR) is 55.9 cm³/mol. The lowest BCUT2D eigenvalue weighted by Gasteiger charge is -2.13. The van der Waals surface area contributed by atoms with E-state index in [1.807, 2.05) is 0 Å². The Labute approximate surface area is 97.0 Å². The van der Waals surface area contributed by atoms with Gasteiger partial charge in [0.15, 0.2) is 0 Å². The molecule has 0 fully saturated rings. The van der Waals surface area contributed by atoms with Crippen molar-refractivity contribution in [1.29, 1.82) is 0 Å². The SMILES string of the molecule is CCC(N)c1cc(C(F)(F)F)ccc1F.Cl. The molecule has 0 aromatic heterocycles. The molecule has 0 radical (unpaired) electrons. The Morgan fingerprint density at radius 3 is 2.31 bits per heavy atom. The van der Waals surface area contributed by atoms with Crippen molar-refractivity contribution in [2.45, 2.75) is 25.6 Å². The molecule has 2 N–H and O–H groups in total. The summed E-state index contributed by atoms with van der Waals surface area (Å²) in [6, 6.07) is 1.57. The summed E-state index contributed by atoms with van der Waals surface area (Å²) in [5, 5.41) is 0. The van der Waals surface area contributed by atoms with Crippen molar-refractivity contribution in [1.82, 2.24) is 0 Å². The van der Waals surface area contributed by atoms with Crippen LogP contribution in [-0.4, -0.2) is 0 Å². The zero-order valence-electron chi connectivity index (χ0n) is 8.51. The Kier molecular flexibility index (Phi) is 5.22. The molecule has 1 unspecified atom stereocenters. The van der Waals surface area contributed by atoms with Crippen molar-refractivity contribution in [2.24, 2.45) is 5.73 Å². The molecule has 0 spiro atoms. The molecule has 1 atom stereocenters. The van der Waals surface area contributed by atoms with Crippen molar-refractivity contribution in [3.05, 3.63) is 35.1 Å². The summed E-state index contributed by atoms with van der Waals surface area (Å²) < 4.78 is 50.1. The lowest BCUT2D eigenvalue weighted by atomic mass is 10.0. The van der Waals surface area contributed by atoms with Crippen molar-refractivity contribution in [2.75, 3.05) is 0 Å². The van der Waals surface area contributed by atoms with Crippen LogP contribution in [0.2, 0.25) is 0 Å². The van der Waals surface area contributed by atoms with Gasteiger partial charge in [0.05, 0.1) is 5.56 Å². The molecule has 0 aliphatic carbocycles. The summed E-state index contributed by atoms with van der Waals surface area (Å²) in [4.78, 5) is 0. The van der Waals surface area contributed by atoms with E-state index in [4.69, 9.17) is 5.73 Å². The van der Waals surface area contributed by atoms with E-state index >= 15 is 0 Å². The van der Waals surface area contributed by atoms with E-state index in [-0.39, 0.29) is 18.0 Å². The molecule has 6 heteroatoms. The summed E-state index contributed by atoms with van der Waals surface area (Å²) in [6.45, 7) is 1.68. The molecule has 1 aromatic rings. The topological polar surface area (TPSA) is 26.0 Å². The smallest absolute Gasteiger partial charge is 0.324 e. The molecule has 0 bridgehead atoms. The summed E-state index contributed by atoms with van der Waals surface area (Å²) in [6.07, 6.45) is -4.08. The number of hydrogen-bond donors (Lipinski definition) is 1. The van der Waals surface area contributed by atoms with Crippen LogP contribution in [0, 0.1) is 5.82 Å². The van der Waals surface area contributed by atoms with Crippen LogP contribution in [0.3, 0.4) is 0 Å². The van der Waals surface area contributed by atoms with Gasteiger partial charge in [-0.1, -0.05) is 6.92 Å². The van der Waals surface area contributed by atoms with Gasteiger partial charge in [-0.2, -0.15) is 13.2 Å². The molecule has 0 aliphatic heterocycles. The van der Waals surface area contributed by atoms with Crippen molar-refractivity contribution in [3.63, 3.8) is 0 Å². The van der Waals surface area contributed by atoms with Gasteiger partial charge in [-0.3, -0.25) is 0 Å². The van der Waals surface area contributed by atoms with Crippen molar-refractivity contribution in [3.8, 4) is 0 Å². The maximum Gasteiger partial charge on any atom is 0.416 e. The van der Waals surface area contributed by atoms with E-state index in [0.717, 1.165) is 12.1 Å². The Hall–Kier alpha value is -0.810. The van der Waals surface area contributed by atoms with Gasteiger partial charge in [0.25, 0.3) is 0 Å². The largest absolute Gasteiger partial charge is 0.416 e. The average Bonchev–Trinajstić information content (AvgIpc) is 2.15. The van der Waals surface area contributed by atoms with E-state index in [1.165, 1.54) is 0 Å². The fourth-order valence-corrected chi connectivity index (χ4v) is 1.22. The van der Waals surface area contributed by atoms with E-state index < -0.39 is 23.6 Å². The minimum atomic E-state index is -4.46. The monoisotopic (exact) mass is 257 g/mol. The van der Waals surface area contributed by atoms with Crippen LogP contribution in [0.1, 0.15) is 30.5 Å². The Morgan fingerprint density at radius 2 is 1.88 bits per heavy atom. The Morgan fingerprint density at radius 1 is 1.31 bits per heavy atom. The van der Waals surface area contributed by atoms with Gasteiger partial charge in [-0.25, -0.2) is 4.39 Å².